The van der Waals surface area contributed by atoms with Crippen molar-refractivity contribution in [1.29, 1.82) is 0 Å². The fourth-order valence-electron chi connectivity index (χ4n) is 5.41. The van der Waals surface area contributed by atoms with Crippen LogP contribution in [-0.2, 0) is 9.59 Å². The first-order valence-electron chi connectivity index (χ1n) is 13.4. The Bertz CT molecular complexity index is 1420. The first-order valence-corrected chi connectivity index (χ1v) is 13.4. The smallest absolute Gasteiger partial charge is 0.300 e. The van der Waals surface area contributed by atoms with Crippen molar-refractivity contribution < 1.29 is 19.4 Å². The summed E-state index contributed by atoms with van der Waals surface area (Å²) in [5, 5.41) is 11.5. The Balaban J connectivity index is 1.58. The molecule has 0 aliphatic carbocycles. The molecule has 7 nitrogen and oxygen atoms in total. The van der Waals surface area contributed by atoms with E-state index in [4.69, 9.17) is 4.74 Å². The van der Waals surface area contributed by atoms with Crippen LogP contribution in [0.2, 0.25) is 0 Å². The van der Waals surface area contributed by atoms with Crippen molar-refractivity contribution >= 4 is 28.8 Å². The maximum atomic E-state index is 13.5. The van der Waals surface area contributed by atoms with Crippen molar-refractivity contribution in [3.8, 4) is 5.75 Å². The SMILES string of the molecule is CCOc1ccc(/C(O)=C2/C(=O)C(=O)N(c3ccc(N4CCN(C)CC4)cc3)C2c2cccc(C)c2)cc1C. The number of hydrogen-bond acceptors (Lipinski definition) is 6. The average molecular weight is 526 g/mol. The van der Waals surface area contributed by atoms with Crippen molar-refractivity contribution in [1.82, 2.24) is 4.90 Å². The summed E-state index contributed by atoms with van der Waals surface area (Å²) in [6.45, 7) is 10.2. The number of ether oxygens (including phenoxy) is 1. The van der Waals surface area contributed by atoms with Gasteiger partial charge in [0, 0.05) is 43.1 Å². The second kappa shape index (κ2) is 10.9. The molecule has 0 bridgehead atoms. The summed E-state index contributed by atoms with van der Waals surface area (Å²) in [7, 11) is 2.12. The van der Waals surface area contributed by atoms with Crippen LogP contribution in [0.15, 0.2) is 72.3 Å². The number of benzene rings is 3. The van der Waals surface area contributed by atoms with Gasteiger partial charge in [-0.2, -0.15) is 0 Å². The topological polar surface area (TPSA) is 73.3 Å². The van der Waals surface area contributed by atoms with Gasteiger partial charge in [-0.3, -0.25) is 14.5 Å². The lowest BCUT2D eigenvalue weighted by Gasteiger charge is -2.34. The normalized spacial score (nSPS) is 19.5. The lowest BCUT2D eigenvalue weighted by atomic mass is 9.94. The molecule has 2 fully saturated rings. The molecule has 1 N–H and O–H groups in total. The highest BCUT2D eigenvalue weighted by molar-refractivity contribution is 6.51. The second-order valence-electron chi connectivity index (χ2n) is 10.3. The molecule has 0 aromatic heterocycles. The van der Waals surface area contributed by atoms with Crippen LogP contribution >= 0.6 is 0 Å². The number of nitrogens with zero attached hydrogens (tertiary/aromatic N) is 3. The first-order chi connectivity index (χ1) is 18.8. The Labute approximate surface area is 229 Å². The molecule has 1 unspecified atom stereocenters. The zero-order valence-corrected chi connectivity index (χ0v) is 23.0. The number of anilines is 2. The minimum Gasteiger partial charge on any atom is -0.507 e. The third-order valence-electron chi connectivity index (χ3n) is 7.55. The highest BCUT2D eigenvalue weighted by Gasteiger charge is 2.47. The first kappa shape index (κ1) is 26.5. The predicted molar refractivity (Wildman–Crippen MR) is 154 cm³/mol. The molecule has 39 heavy (non-hydrogen) atoms. The molecule has 0 spiro atoms. The minimum absolute atomic E-state index is 0.0808. The van der Waals surface area contributed by atoms with E-state index in [1.165, 1.54) is 4.90 Å². The van der Waals surface area contributed by atoms with Gasteiger partial charge in [-0.15, -0.1) is 0 Å². The van der Waals surface area contributed by atoms with E-state index in [2.05, 4.69) is 16.8 Å². The van der Waals surface area contributed by atoms with E-state index in [1.54, 1.807) is 18.2 Å². The van der Waals surface area contributed by atoms with Crippen LogP contribution in [0.4, 0.5) is 11.4 Å². The average Bonchev–Trinajstić information content (AvgIpc) is 3.20. The summed E-state index contributed by atoms with van der Waals surface area (Å²) in [6.07, 6.45) is 0. The third kappa shape index (κ3) is 5.14. The Kier molecular flexibility index (Phi) is 7.44. The van der Waals surface area contributed by atoms with Crippen LogP contribution in [0.25, 0.3) is 5.76 Å². The lowest BCUT2D eigenvalue weighted by molar-refractivity contribution is -0.132. The van der Waals surface area contributed by atoms with Gasteiger partial charge in [-0.25, -0.2) is 0 Å². The van der Waals surface area contributed by atoms with Crippen LogP contribution in [0.5, 0.6) is 5.75 Å². The molecular weight excluding hydrogens is 490 g/mol. The van der Waals surface area contributed by atoms with E-state index < -0.39 is 17.7 Å². The summed E-state index contributed by atoms with van der Waals surface area (Å²) >= 11 is 0. The molecule has 2 heterocycles. The Hall–Kier alpha value is -4.10. The van der Waals surface area contributed by atoms with E-state index in [0.717, 1.165) is 48.6 Å². The number of piperazine rings is 1. The molecule has 7 heteroatoms. The molecule has 3 aromatic rings. The van der Waals surface area contributed by atoms with E-state index >= 15 is 0 Å². The largest absolute Gasteiger partial charge is 0.507 e. The fraction of sp³-hybridized carbons (Fsp3) is 0.312. The van der Waals surface area contributed by atoms with Crippen LogP contribution < -0.4 is 14.5 Å². The summed E-state index contributed by atoms with van der Waals surface area (Å²) in [4.78, 5) is 33.2. The maximum Gasteiger partial charge on any atom is 0.300 e. The van der Waals surface area contributed by atoms with E-state index in [-0.39, 0.29) is 11.3 Å². The standard InChI is InChI=1S/C32H35N3O4/c1-5-39-27-14-9-24(20-22(27)3)30(36)28-29(23-8-6-7-21(2)19-23)35(32(38)31(28)37)26-12-10-25(11-13-26)34-17-15-33(4)16-18-34/h6-14,19-20,29,36H,5,15-18H2,1-4H3/b30-28-. The number of aryl methyl sites for hydroxylation is 2. The quantitative estimate of drug-likeness (QED) is 0.275. The summed E-state index contributed by atoms with van der Waals surface area (Å²) in [5.74, 6) is -0.834. The monoisotopic (exact) mass is 525 g/mol. The molecule has 2 aliphatic rings. The van der Waals surface area contributed by atoms with Gasteiger partial charge in [0.15, 0.2) is 0 Å². The minimum atomic E-state index is -0.758. The van der Waals surface area contributed by atoms with Gasteiger partial charge in [0.2, 0.25) is 0 Å². The fourth-order valence-corrected chi connectivity index (χ4v) is 5.41. The predicted octanol–water partition coefficient (Wildman–Crippen LogP) is 5.08. The number of amides is 1. The van der Waals surface area contributed by atoms with Crippen LogP contribution in [0.1, 0.15) is 35.2 Å². The number of Topliss-reactive ketones (excluding diaryl/α,β-unsaturated/α-hetero) is 1. The van der Waals surface area contributed by atoms with E-state index in [9.17, 15) is 14.7 Å². The Morgan fingerprint density at radius 2 is 1.62 bits per heavy atom. The molecule has 3 aromatic carbocycles. The molecule has 0 radical (unpaired) electrons. The number of ketones is 1. The van der Waals surface area contributed by atoms with Gasteiger partial charge in [0.1, 0.15) is 11.5 Å². The summed E-state index contributed by atoms with van der Waals surface area (Å²) in [6, 6.07) is 20.0. The van der Waals surface area contributed by atoms with Crippen molar-refractivity contribution in [2.75, 3.05) is 49.6 Å². The molecule has 1 amide bonds. The number of aliphatic hydroxyl groups excluding tert-OH is 1. The lowest BCUT2D eigenvalue weighted by Crippen LogP contribution is -2.44. The Morgan fingerprint density at radius 1 is 0.923 bits per heavy atom. The van der Waals surface area contributed by atoms with Crippen molar-refractivity contribution in [3.63, 3.8) is 0 Å². The van der Waals surface area contributed by atoms with Crippen LogP contribution in [-0.4, -0.2) is 61.5 Å². The number of rotatable bonds is 6. The number of carbonyl (C=O) groups is 2. The van der Waals surface area contributed by atoms with Gasteiger partial charge in [-0.1, -0.05) is 29.8 Å². The highest BCUT2D eigenvalue weighted by atomic mass is 16.5. The Morgan fingerprint density at radius 3 is 2.26 bits per heavy atom. The van der Waals surface area contributed by atoms with Gasteiger partial charge in [0.05, 0.1) is 18.2 Å². The third-order valence-corrected chi connectivity index (χ3v) is 7.55. The zero-order valence-electron chi connectivity index (χ0n) is 23.0. The number of aliphatic hydroxyl groups is 1. The number of carbonyl (C=O) groups excluding carboxylic acids is 2. The molecule has 2 saturated heterocycles. The molecular formula is C32H35N3O4. The van der Waals surface area contributed by atoms with Crippen molar-refractivity contribution in [2.24, 2.45) is 0 Å². The molecule has 0 saturated carbocycles. The molecule has 5 rings (SSSR count). The molecule has 202 valence electrons. The summed E-state index contributed by atoms with van der Waals surface area (Å²) < 4.78 is 5.64. The van der Waals surface area contributed by atoms with Gasteiger partial charge in [-0.05, 0) is 81.4 Å². The van der Waals surface area contributed by atoms with Gasteiger partial charge >= 0.3 is 0 Å². The highest BCUT2D eigenvalue weighted by Crippen LogP contribution is 2.43. The second-order valence-corrected chi connectivity index (χ2v) is 10.3. The van der Waals surface area contributed by atoms with Crippen LogP contribution in [0, 0.1) is 13.8 Å². The van der Waals surface area contributed by atoms with Crippen molar-refractivity contribution in [2.45, 2.75) is 26.8 Å². The maximum absolute atomic E-state index is 13.5. The molecule has 2 aliphatic heterocycles. The van der Waals surface area contributed by atoms with Gasteiger partial charge in [0.25, 0.3) is 11.7 Å². The van der Waals surface area contributed by atoms with E-state index in [1.807, 2.05) is 69.3 Å². The van der Waals surface area contributed by atoms with Gasteiger partial charge < -0.3 is 19.6 Å². The number of likely N-dealkylation sites (N-methyl/N-ethyl adjacent to an activating group) is 1. The molecule has 1 atom stereocenters. The number of hydrogen-bond donors (Lipinski definition) is 1. The van der Waals surface area contributed by atoms with E-state index in [0.29, 0.717) is 23.6 Å². The van der Waals surface area contributed by atoms with Crippen LogP contribution in [0.3, 0.4) is 0 Å². The summed E-state index contributed by atoms with van der Waals surface area (Å²) in [5.41, 5.74) is 4.85. The zero-order chi connectivity index (χ0) is 27.7. The van der Waals surface area contributed by atoms with Crippen molar-refractivity contribution in [3.05, 3.63) is 94.6 Å².